The number of nitrogens with one attached hydrogen (secondary N) is 1. The molecule has 122 valence electrons. The minimum atomic E-state index is -0.494. The van der Waals surface area contributed by atoms with Gasteiger partial charge in [0, 0.05) is 17.9 Å². The van der Waals surface area contributed by atoms with E-state index in [9.17, 15) is 4.79 Å². The van der Waals surface area contributed by atoms with Crippen LogP contribution in [0.2, 0.25) is 0 Å². The molecule has 2 aromatic carbocycles. The van der Waals surface area contributed by atoms with Gasteiger partial charge in [0.25, 0.3) is 0 Å². The van der Waals surface area contributed by atoms with Gasteiger partial charge in [-0.2, -0.15) is 0 Å². The molecule has 0 fully saturated rings. The molecule has 1 amide bonds. The third-order valence-corrected chi connectivity index (χ3v) is 3.74. The zero-order valence-electron chi connectivity index (χ0n) is 13.1. The standard InChI is InChI=1S/C18H21ClN2O2/c1-2-21(16-11-7-4-8-12-16)14-17(13-19)23-18(22)20-15-9-5-3-6-10-15/h3-12,17H,2,13-14H2,1H3,(H,20,22). The number of ether oxygens (including phenoxy) is 1. The van der Waals surface area contributed by atoms with E-state index >= 15 is 0 Å². The molecule has 0 heterocycles. The number of nitrogens with zero attached hydrogens (tertiary/aromatic N) is 1. The monoisotopic (exact) mass is 332 g/mol. The second-order valence-electron chi connectivity index (χ2n) is 5.05. The van der Waals surface area contributed by atoms with Crippen molar-refractivity contribution in [2.75, 3.05) is 29.2 Å². The number of amides is 1. The third kappa shape index (κ3) is 5.49. The van der Waals surface area contributed by atoms with E-state index in [1.54, 1.807) is 12.1 Å². The Kier molecular flexibility index (Phi) is 6.76. The average molecular weight is 333 g/mol. The number of benzene rings is 2. The first-order chi connectivity index (χ1) is 11.2. The van der Waals surface area contributed by atoms with Gasteiger partial charge in [0.1, 0.15) is 6.10 Å². The Labute approximate surface area is 142 Å². The van der Waals surface area contributed by atoms with Crippen LogP contribution in [0.1, 0.15) is 6.92 Å². The van der Waals surface area contributed by atoms with Crippen molar-refractivity contribution in [1.29, 1.82) is 0 Å². The van der Waals surface area contributed by atoms with Crippen molar-refractivity contribution in [3.05, 3.63) is 60.7 Å². The number of halogens is 1. The highest BCUT2D eigenvalue weighted by molar-refractivity contribution is 6.18. The Bertz CT molecular complexity index is 592. The van der Waals surface area contributed by atoms with Gasteiger partial charge in [0.15, 0.2) is 0 Å². The molecular formula is C18H21ClN2O2. The van der Waals surface area contributed by atoms with Gasteiger partial charge < -0.3 is 9.64 Å². The third-order valence-electron chi connectivity index (χ3n) is 3.39. The summed E-state index contributed by atoms with van der Waals surface area (Å²) in [7, 11) is 0. The van der Waals surface area contributed by atoms with E-state index in [4.69, 9.17) is 16.3 Å². The summed E-state index contributed by atoms with van der Waals surface area (Å²) in [5.74, 6) is 0.242. The minimum Gasteiger partial charge on any atom is -0.443 e. The smallest absolute Gasteiger partial charge is 0.411 e. The maximum absolute atomic E-state index is 12.0. The molecule has 1 atom stereocenters. The Balaban J connectivity index is 1.92. The molecule has 1 N–H and O–H groups in total. The summed E-state index contributed by atoms with van der Waals surface area (Å²) in [6.07, 6.45) is -0.883. The van der Waals surface area contributed by atoms with Gasteiger partial charge in [-0.15, -0.1) is 11.6 Å². The van der Waals surface area contributed by atoms with Gasteiger partial charge in [-0.3, -0.25) is 5.32 Å². The molecule has 0 saturated heterocycles. The van der Waals surface area contributed by atoms with Crippen LogP contribution in [0, 0.1) is 0 Å². The molecule has 0 spiro atoms. The van der Waals surface area contributed by atoms with Gasteiger partial charge in [-0.1, -0.05) is 36.4 Å². The van der Waals surface area contributed by atoms with Crippen molar-refractivity contribution < 1.29 is 9.53 Å². The van der Waals surface area contributed by atoms with E-state index in [0.717, 1.165) is 12.2 Å². The number of rotatable bonds is 7. The topological polar surface area (TPSA) is 41.6 Å². The molecule has 2 aromatic rings. The number of carbonyl (C=O) groups is 1. The molecule has 0 aromatic heterocycles. The molecule has 0 aliphatic carbocycles. The van der Waals surface area contributed by atoms with Gasteiger partial charge in [0.05, 0.1) is 12.4 Å². The SMILES string of the molecule is CCN(CC(CCl)OC(=O)Nc1ccccc1)c1ccccc1. The zero-order valence-corrected chi connectivity index (χ0v) is 13.9. The van der Waals surface area contributed by atoms with Crippen LogP contribution in [-0.2, 0) is 4.74 Å². The highest BCUT2D eigenvalue weighted by atomic mass is 35.5. The predicted octanol–water partition coefficient (Wildman–Crippen LogP) is 4.37. The second kappa shape index (κ2) is 9.06. The van der Waals surface area contributed by atoms with Crippen molar-refractivity contribution in [2.45, 2.75) is 13.0 Å². The Morgan fingerprint density at radius 3 is 2.30 bits per heavy atom. The van der Waals surface area contributed by atoms with Crippen LogP contribution < -0.4 is 10.2 Å². The molecule has 23 heavy (non-hydrogen) atoms. The molecule has 0 aliphatic rings. The molecule has 0 bridgehead atoms. The average Bonchev–Trinajstić information content (AvgIpc) is 2.60. The molecule has 5 heteroatoms. The molecular weight excluding hydrogens is 312 g/mol. The van der Waals surface area contributed by atoms with E-state index in [2.05, 4.69) is 17.1 Å². The van der Waals surface area contributed by atoms with Gasteiger partial charge >= 0.3 is 6.09 Å². The summed E-state index contributed by atoms with van der Waals surface area (Å²) < 4.78 is 5.43. The number of likely N-dealkylation sites (N-methyl/N-ethyl adjacent to an activating group) is 1. The number of para-hydroxylation sites is 2. The Morgan fingerprint density at radius 1 is 1.13 bits per heavy atom. The first kappa shape index (κ1) is 17.2. The molecule has 1 unspecified atom stereocenters. The molecule has 4 nitrogen and oxygen atoms in total. The van der Waals surface area contributed by atoms with E-state index in [-0.39, 0.29) is 12.0 Å². The van der Waals surface area contributed by atoms with Crippen molar-refractivity contribution in [3.8, 4) is 0 Å². The van der Waals surface area contributed by atoms with Crippen molar-refractivity contribution >= 4 is 29.1 Å². The summed E-state index contributed by atoms with van der Waals surface area (Å²) >= 11 is 5.97. The normalized spacial score (nSPS) is 11.6. The van der Waals surface area contributed by atoms with Crippen molar-refractivity contribution in [2.24, 2.45) is 0 Å². The lowest BCUT2D eigenvalue weighted by molar-refractivity contribution is 0.125. The number of anilines is 2. The predicted molar refractivity (Wildman–Crippen MR) is 95.4 cm³/mol. The summed E-state index contributed by atoms with van der Waals surface area (Å²) in [6, 6.07) is 19.2. The highest BCUT2D eigenvalue weighted by Crippen LogP contribution is 2.15. The van der Waals surface area contributed by atoms with Gasteiger partial charge in [0.2, 0.25) is 0 Å². The molecule has 2 rings (SSSR count). The number of hydrogen-bond donors (Lipinski definition) is 1. The van der Waals surface area contributed by atoms with Crippen molar-refractivity contribution in [1.82, 2.24) is 0 Å². The Hall–Kier alpha value is -2.20. The number of alkyl halides is 1. The fourth-order valence-electron chi connectivity index (χ4n) is 2.24. The van der Waals surface area contributed by atoms with Crippen molar-refractivity contribution in [3.63, 3.8) is 0 Å². The summed E-state index contributed by atoms with van der Waals surface area (Å²) in [4.78, 5) is 14.1. The minimum absolute atomic E-state index is 0.242. The Morgan fingerprint density at radius 2 is 1.74 bits per heavy atom. The zero-order chi connectivity index (χ0) is 16.5. The number of hydrogen-bond acceptors (Lipinski definition) is 3. The maximum Gasteiger partial charge on any atom is 0.411 e. The van der Waals surface area contributed by atoms with Crippen LogP contribution in [0.3, 0.4) is 0 Å². The van der Waals surface area contributed by atoms with E-state index in [1.165, 1.54) is 0 Å². The van der Waals surface area contributed by atoms with E-state index in [1.807, 2.05) is 48.5 Å². The van der Waals surface area contributed by atoms with E-state index < -0.39 is 6.09 Å². The first-order valence-electron chi connectivity index (χ1n) is 7.61. The van der Waals surface area contributed by atoms with Gasteiger partial charge in [-0.25, -0.2) is 4.79 Å². The van der Waals surface area contributed by atoms with Crippen LogP contribution in [0.5, 0.6) is 0 Å². The second-order valence-corrected chi connectivity index (χ2v) is 5.36. The molecule has 0 radical (unpaired) electrons. The lowest BCUT2D eigenvalue weighted by atomic mass is 10.2. The molecule has 0 aliphatic heterocycles. The summed E-state index contributed by atoms with van der Waals surface area (Å²) in [5, 5.41) is 2.70. The number of carbonyl (C=O) groups excluding carboxylic acids is 1. The van der Waals surface area contributed by atoms with Crippen LogP contribution >= 0.6 is 11.6 Å². The molecule has 0 saturated carbocycles. The largest absolute Gasteiger partial charge is 0.443 e. The fraction of sp³-hybridized carbons (Fsp3) is 0.278. The quantitative estimate of drug-likeness (QED) is 0.765. The maximum atomic E-state index is 12.0. The van der Waals surface area contributed by atoms with Crippen LogP contribution in [0.4, 0.5) is 16.2 Å². The summed E-state index contributed by atoms with van der Waals surface area (Å²) in [5.41, 5.74) is 1.78. The van der Waals surface area contributed by atoms with Crippen LogP contribution in [0.25, 0.3) is 0 Å². The van der Waals surface area contributed by atoms with Crippen LogP contribution in [-0.4, -0.2) is 31.2 Å². The van der Waals surface area contributed by atoms with Crippen LogP contribution in [0.15, 0.2) is 60.7 Å². The van der Waals surface area contributed by atoms with Gasteiger partial charge in [-0.05, 0) is 31.2 Å². The highest BCUT2D eigenvalue weighted by Gasteiger charge is 2.17. The fourth-order valence-corrected chi connectivity index (χ4v) is 2.40. The van der Waals surface area contributed by atoms with E-state index in [0.29, 0.717) is 12.2 Å². The first-order valence-corrected chi connectivity index (χ1v) is 8.15. The summed E-state index contributed by atoms with van der Waals surface area (Å²) in [6.45, 7) is 3.41. The lowest BCUT2D eigenvalue weighted by Crippen LogP contribution is -2.37. The lowest BCUT2D eigenvalue weighted by Gasteiger charge is -2.27.